The van der Waals surface area contributed by atoms with Crippen molar-refractivity contribution in [3.63, 3.8) is 0 Å². The molecule has 0 saturated carbocycles. The van der Waals surface area contributed by atoms with Crippen LogP contribution in [0.4, 0.5) is 0 Å². The van der Waals surface area contributed by atoms with Gasteiger partial charge in [0.05, 0.1) is 12.3 Å². The molecule has 5 heteroatoms. The molecule has 0 aromatic rings. The summed E-state index contributed by atoms with van der Waals surface area (Å²) in [6.07, 6.45) is 4.53. The Kier molecular flexibility index (Phi) is 2.29. The first-order valence-corrected chi connectivity index (χ1v) is 5.40. The van der Waals surface area contributed by atoms with Crippen molar-refractivity contribution in [3.05, 3.63) is 0 Å². The predicted octanol–water partition coefficient (Wildman–Crippen LogP) is -0.850. The summed E-state index contributed by atoms with van der Waals surface area (Å²) in [6.45, 7) is 0.429. The van der Waals surface area contributed by atoms with Gasteiger partial charge in [-0.2, -0.15) is 8.42 Å². The molecule has 1 aliphatic rings. The van der Waals surface area contributed by atoms with Crippen molar-refractivity contribution in [2.75, 3.05) is 12.8 Å². The summed E-state index contributed by atoms with van der Waals surface area (Å²) in [4.78, 5) is 0. The molecule has 0 aliphatic carbocycles. The molecule has 11 heavy (non-hydrogen) atoms. The van der Waals surface area contributed by atoms with Gasteiger partial charge in [-0.15, -0.1) is 3.98 Å². The molecule has 0 radical (unpaired) electrons. The number of nitrogens with two attached hydrogens (primary N) is 1. The number of hydrogen-bond acceptors (Lipinski definition) is 3. The van der Waals surface area contributed by atoms with Gasteiger partial charge in [0.25, 0.3) is 0 Å². The van der Waals surface area contributed by atoms with Crippen LogP contribution in [0.5, 0.6) is 0 Å². The fourth-order valence-corrected chi connectivity index (χ4v) is 1.94. The average molecular weight is 177 g/mol. The molecular weight excluding hydrogens is 164 g/mol. The van der Waals surface area contributed by atoms with Crippen molar-refractivity contribution in [1.82, 2.24) is 0 Å². The summed E-state index contributed by atoms with van der Waals surface area (Å²) in [5, 5.41) is 0. The van der Waals surface area contributed by atoms with E-state index in [2.05, 4.69) is 0 Å². The standard InChI is InChI=1S/C6H13N2O2S/c1-11(9,10)8-4-2-3-6(7)5-8/h4,6H,2-3,5,7H2,1H3/q+1. The van der Waals surface area contributed by atoms with Gasteiger partial charge in [-0.1, -0.05) is 0 Å². The zero-order chi connectivity index (χ0) is 8.48. The summed E-state index contributed by atoms with van der Waals surface area (Å²) in [7, 11) is -3.06. The van der Waals surface area contributed by atoms with Crippen LogP contribution in [-0.2, 0) is 10.0 Å². The molecule has 1 unspecified atom stereocenters. The Morgan fingerprint density at radius 2 is 2.27 bits per heavy atom. The smallest absolute Gasteiger partial charge is 0.322 e. The van der Waals surface area contributed by atoms with Crippen LogP contribution in [0.25, 0.3) is 0 Å². The van der Waals surface area contributed by atoms with Crippen molar-refractivity contribution in [2.24, 2.45) is 5.73 Å². The maximum Gasteiger partial charge on any atom is 0.361 e. The highest BCUT2D eigenvalue weighted by molar-refractivity contribution is 7.84. The van der Waals surface area contributed by atoms with E-state index in [0.717, 1.165) is 12.8 Å². The lowest BCUT2D eigenvalue weighted by Gasteiger charge is -2.11. The summed E-state index contributed by atoms with van der Waals surface area (Å²) in [5.74, 6) is 0. The number of nitrogens with zero attached hydrogens (tertiary/aromatic N) is 1. The Balaban J connectivity index is 2.82. The lowest BCUT2D eigenvalue weighted by molar-refractivity contribution is -0.370. The minimum Gasteiger partial charge on any atom is -0.322 e. The molecule has 0 aromatic heterocycles. The summed E-state index contributed by atoms with van der Waals surface area (Å²) < 4.78 is 23.3. The van der Waals surface area contributed by atoms with E-state index in [4.69, 9.17) is 5.73 Å². The van der Waals surface area contributed by atoms with Crippen molar-refractivity contribution >= 4 is 16.2 Å². The van der Waals surface area contributed by atoms with Crippen LogP contribution in [0.3, 0.4) is 0 Å². The first-order valence-electron chi connectivity index (χ1n) is 3.56. The SMILES string of the molecule is CS(=O)(=O)[N+]1=CCCC(N)C1. The van der Waals surface area contributed by atoms with E-state index in [0.29, 0.717) is 6.54 Å². The zero-order valence-electron chi connectivity index (χ0n) is 6.53. The van der Waals surface area contributed by atoms with Crippen LogP contribution in [0.2, 0.25) is 0 Å². The molecule has 0 fully saturated rings. The highest BCUT2D eigenvalue weighted by Gasteiger charge is 2.24. The summed E-state index contributed by atoms with van der Waals surface area (Å²) in [5.41, 5.74) is 5.60. The van der Waals surface area contributed by atoms with Gasteiger partial charge in [-0.25, -0.2) is 0 Å². The second kappa shape index (κ2) is 2.91. The van der Waals surface area contributed by atoms with Gasteiger partial charge < -0.3 is 5.73 Å². The van der Waals surface area contributed by atoms with Gasteiger partial charge in [0.2, 0.25) is 0 Å². The molecule has 0 aromatic carbocycles. The van der Waals surface area contributed by atoms with Crippen LogP contribution in [-0.4, -0.2) is 37.5 Å². The molecular formula is C6H13N2O2S+. The van der Waals surface area contributed by atoms with Crippen LogP contribution >= 0.6 is 0 Å². The molecule has 1 rings (SSSR count). The minimum atomic E-state index is -3.06. The van der Waals surface area contributed by atoms with Crippen LogP contribution in [0, 0.1) is 0 Å². The monoisotopic (exact) mass is 177 g/mol. The Hall–Kier alpha value is -0.420. The van der Waals surface area contributed by atoms with Gasteiger partial charge in [-0.3, -0.25) is 0 Å². The van der Waals surface area contributed by atoms with Crippen LogP contribution in [0.15, 0.2) is 0 Å². The first kappa shape index (κ1) is 8.67. The third-order valence-electron chi connectivity index (χ3n) is 1.71. The fraction of sp³-hybridized carbons (Fsp3) is 0.833. The van der Waals surface area contributed by atoms with Gasteiger partial charge in [0.15, 0.2) is 12.8 Å². The third-order valence-corrected chi connectivity index (χ3v) is 2.86. The molecule has 64 valence electrons. The van der Waals surface area contributed by atoms with E-state index < -0.39 is 10.0 Å². The van der Waals surface area contributed by atoms with Gasteiger partial charge in [0, 0.05) is 6.42 Å². The predicted molar refractivity (Wildman–Crippen MR) is 43.2 cm³/mol. The van der Waals surface area contributed by atoms with Crippen molar-refractivity contribution in [1.29, 1.82) is 0 Å². The van der Waals surface area contributed by atoms with Crippen molar-refractivity contribution in [2.45, 2.75) is 18.9 Å². The van der Waals surface area contributed by atoms with E-state index in [1.54, 1.807) is 6.21 Å². The molecule has 4 nitrogen and oxygen atoms in total. The van der Waals surface area contributed by atoms with E-state index >= 15 is 0 Å². The van der Waals surface area contributed by atoms with Gasteiger partial charge in [0.1, 0.15) is 0 Å². The largest absolute Gasteiger partial charge is 0.361 e. The fourth-order valence-electron chi connectivity index (χ4n) is 1.10. The van der Waals surface area contributed by atoms with Gasteiger partial charge in [-0.05, 0) is 6.42 Å². The van der Waals surface area contributed by atoms with E-state index in [9.17, 15) is 8.42 Å². The first-order chi connectivity index (χ1) is 5.00. The molecule has 0 amide bonds. The second-order valence-corrected chi connectivity index (χ2v) is 4.79. The lowest BCUT2D eigenvalue weighted by Crippen LogP contribution is -2.38. The zero-order valence-corrected chi connectivity index (χ0v) is 7.34. The Morgan fingerprint density at radius 1 is 1.64 bits per heavy atom. The average Bonchev–Trinajstić information content (AvgIpc) is 1.86. The number of hydrogen-bond donors (Lipinski definition) is 1. The van der Waals surface area contributed by atoms with Crippen molar-refractivity contribution in [3.8, 4) is 0 Å². The minimum absolute atomic E-state index is 0.00488. The Bertz CT molecular complexity index is 268. The van der Waals surface area contributed by atoms with Crippen LogP contribution < -0.4 is 5.73 Å². The van der Waals surface area contributed by atoms with Gasteiger partial charge >= 0.3 is 10.0 Å². The number of rotatable bonds is 1. The molecule has 0 spiro atoms. The molecule has 1 heterocycles. The van der Waals surface area contributed by atoms with E-state index in [-0.39, 0.29) is 6.04 Å². The van der Waals surface area contributed by atoms with E-state index in [1.165, 1.54) is 10.2 Å². The molecule has 1 aliphatic heterocycles. The normalized spacial score (nSPS) is 26.4. The second-order valence-electron chi connectivity index (χ2n) is 2.85. The Morgan fingerprint density at radius 3 is 2.64 bits per heavy atom. The number of sulfonamides is 1. The summed E-state index contributed by atoms with van der Waals surface area (Å²) >= 11 is 0. The van der Waals surface area contributed by atoms with Crippen molar-refractivity contribution < 1.29 is 12.4 Å². The Labute approximate surface area is 66.8 Å². The van der Waals surface area contributed by atoms with Crippen LogP contribution in [0.1, 0.15) is 12.8 Å². The molecule has 0 saturated heterocycles. The highest BCUT2D eigenvalue weighted by Crippen LogP contribution is 2.02. The third kappa shape index (κ3) is 2.27. The highest BCUT2D eigenvalue weighted by atomic mass is 32.2. The lowest BCUT2D eigenvalue weighted by atomic mass is 10.1. The molecule has 0 bridgehead atoms. The maximum absolute atomic E-state index is 11.0. The molecule has 1 atom stereocenters. The van der Waals surface area contributed by atoms with E-state index in [1.807, 2.05) is 0 Å². The summed E-state index contributed by atoms with van der Waals surface area (Å²) in [6, 6.07) is -0.00488. The topological polar surface area (TPSA) is 63.2 Å². The quantitative estimate of drug-likeness (QED) is 0.531. The molecule has 2 N–H and O–H groups in total. The maximum atomic E-state index is 11.0.